The molecule has 0 bridgehead atoms. The summed E-state index contributed by atoms with van der Waals surface area (Å²) in [6, 6.07) is 11.6. The van der Waals surface area contributed by atoms with Crippen LogP contribution in [0.3, 0.4) is 0 Å². The van der Waals surface area contributed by atoms with Crippen molar-refractivity contribution in [3.63, 3.8) is 0 Å². The number of hydrogen-bond donors (Lipinski definition) is 2. The summed E-state index contributed by atoms with van der Waals surface area (Å²) in [6.07, 6.45) is 4.45. The van der Waals surface area contributed by atoms with Crippen LogP contribution in [-0.2, 0) is 19.5 Å². The standard InChI is InChI=1S/C22H24N4O3/c1-28-19-7-15(8-20(10-19)29-2)12-26-13-21(24-14-26)25-22(27)17-3-4-18-11-23-6-5-16(18)9-17/h3-4,7-10,13-14,23H,5-6,11-12H2,1-2H3,(H,25,27). The van der Waals surface area contributed by atoms with Crippen LogP contribution in [-0.4, -0.2) is 36.2 Å². The third-order valence-electron chi connectivity index (χ3n) is 5.01. The largest absolute Gasteiger partial charge is 0.497 e. The zero-order valence-corrected chi connectivity index (χ0v) is 16.6. The van der Waals surface area contributed by atoms with Gasteiger partial charge in [0.2, 0.25) is 0 Å². The van der Waals surface area contributed by atoms with E-state index in [4.69, 9.17) is 9.47 Å². The maximum atomic E-state index is 12.6. The van der Waals surface area contributed by atoms with Crippen LogP contribution in [0, 0.1) is 0 Å². The third kappa shape index (κ3) is 4.41. The van der Waals surface area contributed by atoms with Gasteiger partial charge in [-0.1, -0.05) is 6.07 Å². The minimum atomic E-state index is -0.153. The van der Waals surface area contributed by atoms with E-state index in [0.29, 0.717) is 17.9 Å². The maximum absolute atomic E-state index is 12.6. The van der Waals surface area contributed by atoms with Gasteiger partial charge in [0.1, 0.15) is 11.5 Å². The van der Waals surface area contributed by atoms with Crippen LogP contribution >= 0.6 is 0 Å². The number of fused-ring (bicyclic) bond motifs is 1. The van der Waals surface area contributed by atoms with E-state index in [0.717, 1.165) is 36.6 Å². The molecule has 0 saturated carbocycles. The maximum Gasteiger partial charge on any atom is 0.256 e. The lowest BCUT2D eigenvalue weighted by atomic mass is 9.98. The van der Waals surface area contributed by atoms with Crippen molar-refractivity contribution >= 4 is 11.7 Å². The molecule has 2 N–H and O–H groups in total. The quantitative estimate of drug-likeness (QED) is 0.675. The second kappa shape index (κ2) is 8.36. The Hall–Kier alpha value is -3.32. The fourth-order valence-corrected chi connectivity index (χ4v) is 3.49. The molecule has 1 aromatic heterocycles. The molecule has 29 heavy (non-hydrogen) atoms. The van der Waals surface area contributed by atoms with Crippen molar-refractivity contribution < 1.29 is 14.3 Å². The Morgan fingerprint density at radius 1 is 1.14 bits per heavy atom. The van der Waals surface area contributed by atoms with Gasteiger partial charge in [0.05, 0.1) is 20.5 Å². The fraction of sp³-hybridized carbons (Fsp3) is 0.273. The van der Waals surface area contributed by atoms with Gasteiger partial charge in [-0.15, -0.1) is 0 Å². The van der Waals surface area contributed by atoms with Crippen LogP contribution in [0.25, 0.3) is 0 Å². The van der Waals surface area contributed by atoms with Crippen molar-refractivity contribution in [3.8, 4) is 11.5 Å². The number of nitrogens with one attached hydrogen (secondary N) is 2. The summed E-state index contributed by atoms with van der Waals surface area (Å²) >= 11 is 0. The molecule has 2 aromatic carbocycles. The molecular formula is C22H24N4O3. The molecular weight excluding hydrogens is 368 g/mol. The Morgan fingerprint density at radius 3 is 2.69 bits per heavy atom. The van der Waals surface area contributed by atoms with Gasteiger partial charge in [-0.2, -0.15) is 0 Å². The number of benzene rings is 2. The first-order chi connectivity index (χ1) is 14.1. The molecule has 1 aliphatic heterocycles. The molecule has 3 aromatic rings. The first-order valence-electron chi connectivity index (χ1n) is 9.52. The molecule has 1 aliphatic rings. The van der Waals surface area contributed by atoms with Crippen LogP contribution in [0.15, 0.2) is 48.9 Å². The van der Waals surface area contributed by atoms with Crippen LogP contribution in [0.4, 0.5) is 5.82 Å². The Morgan fingerprint density at radius 2 is 1.93 bits per heavy atom. The van der Waals surface area contributed by atoms with Gasteiger partial charge in [-0.3, -0.25) is 4.79 Å². The third-order valence-corrected chi connectivity index (χ3v) is 5.01. The predicted molar refractivity (Wildman–Crippen MR) is 111 cm³/mol. The second-order valence-electron chi connectivity index (χ2n) is 7.02. The van der Waals surface area contributed by atoms with Crippen molar-refractivity contribution in [2.45, 2.75) is 19.5 Å². The minimum Gasteiger partial charge on any atom is -0.497 e. The molecule has 2 heterocycles. The van der Waals surface area contributed by atoms with Gasteiger partial charge < -0.3 is 24.7 Å². The van der Waals surface area contributed by atoms with E-state index in [1.807, 2.05) is 47.2 Å². The number of hydrogen-bond acceptors (Lipinski definition) is 5. The zero-order valence-electron chi connectivity index (χ0n) is 16.6. The predicted octanol–water partition coefficient (Wildman–Crippen LogP) is 2.85. The van der Waals surface area contributed by atoms with Crippen LogP contribution in [0.2, 0.25) is 0 Å². The van der Waals surface area contributed by atoms with E-state index in [-0.39, 0.29) is 5.91 Å². The zero-order chi connectivity index (χ0) is 20.2. The average Bonchev–Trinajstić information content (AvgIpc) is 3.19. The normalized spacial score (nSPS) is 12.9. The van der Waals surface area contributed by atoms with Gasteiger partial charge >= 0.3 is 0 Å². The van der Waals surface area contributed by atoms with Gasteiger partial charge in [-0.25, -0.2) is 4.98 Å². The molecule has 7 nitrogen and oxygen atoms in total. The number of nitrogens with zero attached hydrogens (tertiary/aromatic N) is 2. The van der Waals surface area contributed by atoms with Crippen LogP contribution < -0.4 is 20.1 Å². The summed E-state index contributed by atoms with van der Waals surface area (Å²) in [5.41, 5.74) is 4.15. The van der Waals surface area contributed by atoms with Crippen molar-refractivity contribution in [1.82, 2.24) is 14.9 Å². The molecule has 1 amide bonds. The molecule has 0 radical (unpaired) electrons. The van der Waals surface area contributed by atoms with Gasteiger partial charge in [0.15, 0.2) is 5.82 Å². The number of carbonyl (C=O) groups excluding carboxylic acids is 1. The number of imidazole rings is 1. The van der Waals surface area contributed by atoms with E-state index >= 15 is 0 Å². The molecule has 0 aliphatic carbocycles. The Bertz CT molecular complexity index is 1010. The van der Waals surface area contributed by atoms with Gasteiger partial charge in [0, 0.05) is 30.9 Å². The molecule has 0 fully saturated rings. The lowest BCUT2D eigenvalue weighted by molar-refractivity contribution is 0.102. The van der Waals surface area contributed by atoms with E-state index in [1.165, 1.54) is 11.1 Å². The van der Waals surface area contributed by atoms with Crippen molar-refractivity contribution in [2.24, 2.45) is 0 Å². The highest BCUT2D eigenvalue weighted by Crippen LogP contribution is 2.23. The smallest absolute Gasteiger partial charge is 0.256 e. The summed E-state index contributed by atoms with van der Waals surface area (Å²) in [6.45, 7) is 2.39. The highest BCUT2D eigenvalue weighted by molar-refractivity contribution is 6.03. The number of aromatic nitrogens is 2. The molecule has 0 unspecified atom stereocenters. The first kappa shape index (κ1) is 19.0. The summed E-state index contributed by atoms with van der Waals surface area (Å²) in [5.74, 6) is 1.83. The minimum absolute atomic E-state index is 0.153. The van der Waals surface area contributed by atoms with E-state index in [1.54, 1.807) is 20.5 Å². The molecule has 7 heteroatoms. The van der Waals surface area contributed by atoms with Crippen molar-refractivity contribution in [3.05, 3.63) is 71.2 Å². The molecule has 0 saturated heterocycles. The second-order valence-corrected chi connectivity index (χ2v) is 7.02. The number of ether oxygens (including phenoxy) is 2. The number of methoxy groups -OCH3 is 2. The molecule has 0 spiro atoms. The van der Waals surface area contributed by atoms with Crippen molar-refractivity contribution in [1.29, 1.82) is 0 Å². The summed E-state index contributed by atoms with van der Waals surface area (Å²) in [7, 11) is 3.25. The highest BCUT2D eigenvalue weighted by Gasteiger charge is 2.13. The number of amides is 1. The first-order valence-corrected chi connectivity index (χ1v) is 9.52. The van der Waals surface area contributed by atoms with E-state index < -0.39 is 0 Å². The number of anilines is 1. The summed E-state index contributed by atoms with van der Waals surface area (Å²) < 4.78 is 12.5. The van der Waals surface area contributed by atoms with E-state index in [9.17, 15) is 4.79 Å². The molecule has 0 atom stereocenters. The van der Waals surface area contributed by atoms with Gasteiger partial charge in [0.25, 0.3) is 5.91 Å². The Labute approximate surface area is 169 Å². The number of carbonyl (C=O) groups is 1. The van der Waals surface area contributed by atoms with Crippen molar-refractivity contribution in [2.75, 3.05) is 26.1 Å². The summed E-state index contributed by atoms with van der Waals surface area (Å²) in [5, 5.41) is 6.22. The SMILES string of the molecule is COc1cc(Cn2cnc(NC(=O)c3ccc4c(c3)CCNC4)c2)cc(OC)c1. The average molecular weight is 392 g/mol. The lowest BCUT2D eigenvalue weighted by Gasteiger charge is -2.17. The summed E-state index contributed by atoms with van der Waals surface area (Å²) in [4.78, 5) is 16.9. The lowest BCUT2D eigenvalue weighted by Crippen LogP contribution is -2.24. The van der Waals surface area contributed by atoms with Crippen LogP contribution in [0.5, 0.6) is 11.5 Å². The number of rotatable bonds is 6. The molecule has 4 rings (SSSR count). The topological polar surface area (TPSA) is 77.4 Å². The van der Waals surface area contributed by atoms with Crippen LogP contribution in [0.1, 0.15) is 27.0 Å². The van der Waals surface area contributed by atoms with E-state index in [2.05, 4.69) is 15.6 Å². The Balaban J connectivity index is 1.45. The Kier molecular flexibility index (Phi) is 5.48. The fourth-order valence-electron chi connectivity index (χ4n) is 3.49. The molecule has 150 valence electrons. The monoisotopic (exact) mass is 392 g/mol. The highest BCUT2D eigenvalue weighted by atomic mass is 16.5. The van der Waals surface area contributed by atoms with Gasteiger partial charge in [-0.05, 0) is 53.9 Å².